The van der Waals surface area contributed by atoms with Crippen LogP contribution >= 0.6 is 0 Å². The zero-order valence-corrected chi connectivity index (χ0v) is 19.0. The normalized spacial score (nSPS) is 17.6. The first kappa shape index (κ1) is 22.0. The van der Waals surface area contributed by atoms with Crippen molar-refractivity contribution in [2.24, 2.45) is 0 Å². The topological polar surface area (TPSA) is 87.2 Å². The Labute approximate surface area is 183 Å². The highest BCUT2D eigenvalue weighted by Crippen LogP contribution is 2.40. The molecule has 7 nitrogen and oxygen atoms in total. The third kappa shape index (κ3) is 4.01. The zero-order chi connectivity index (χ0) is 22.3. The summed E-state index contributed by atoms with van der Waals surface area (Å²) in [7, 11) is -3.61. The van der Waals surface area contributed by atoms with Crippen molar-refractivity contribution in [2.75, 3.05) is 26.3 Å². The monoisotopic (exact) mass is 444 g/mol. The van der Waals surface area contributed by atoms with Gasteiger partial charge in [-0.1, -0.05) is 29.8 Å². The van der Waals surface area contributed by atoms with Gasteiger partial charge in [-0.15, -0.1) is 0 Å². The highest BCUT2D eigenvalue weighted by molar-refractivity contribution is 7.86. The van der Waals surface area contributed by atoms with E-state index in [4.69, 9.17) is 4.74 Å². The van der Waals surface area contributed by atoms with E-state index in [-0.39, 0.29) is 13.0 Å². The van der Waals surface area contributed by atoms with Gasteiger partial charge in [0.1, 0.15) is 0 Å². The van der Waals surface area contributed by atoms with Crippen LogP contribution in [0, 0.1) is 20.8 Å². The van der Waals surface area contributed by atoms with Gasteiger partial charge in [-0.05, 0) is 59.7 Å². The van der Waals surface area contributed by atoms with Crippen LogP contribution in [0.25, 0.3) is 11.1 Å². The van der Waals surface area contributed by atoms with Gasteiger partial charge in [-0.3, -0.25) is 4.79 Å². The number of carboxylic acids is 1. The molecule has 2 aliphatic heterocycles. The lowest BCUT2D eigenvalue weighted by Gasteiger charge is -2.29. The minimum Gasteiger partial charge on any atom is -0.481 e. The van der Waals surface area contributed by atoms with E-state index in [2.05, 4.69) is 0 Å². The molecule has 4 rings (SSSR count). The van der Waals surface area contributed by atoms with Crippen LogP contribution in [-0.2, 0) is 39.3 Å². The number of aliphatic carboxylic acids is 1. The predicted octanol–water partition coefficient (Wildman–Crippen LogP) is 2.80. The number of ether oxygens (including phenoxy) is 1. The predicted molar refractivity (Wildman–Crippen MR) is 118 cm³/mol. The van der Waals surface area contributed by atoms with Crippen molar-refractivity contribution in [3.05, 3.63) is 57.6 Å². The fourth-order valence-electron chi connectivity index (χ4n) is 4.62. The lowest BCUT2D eigenvalue weighted by atomic mass is 9.84. The van der Waals surface area contributed by atoms with Gasteiger partial charge in [-0.2, -0.15) is 17.0 Å². The number of hydrogen-bond acceptors (Lipinski definition) is 4. The maximum atomic E-state index is 13.2. The molecule has 166 valence electrons. The Bertz CT molecular complexity index is 1120. The molecule has 0 bridgehead atoms. The summed E-state index contributed by atoms with van der Waals surface area (Å²) in [6, 6.07) is 8.03. The van der Waals surface area contributed by atoms with E-state index in [1.54, 1.807) is 0 Å². The Balaban J connectivity index is 1.80. The van der Waals surface area contributed by atoms with E-state index in [0.29, 0.717) is 32.8 Å². The van der Waals surface area contributed by atoms with Crippen molar-refractivity contribution in [3.63, 3.8) is 0 Å². The molecule has 0 amide bonds. The number of rotatable bonds is 5. The minimum absolute atomic E-state index is 0.0978. The second-order valence-electron chi connectivity index (χ2n) is 8.28. The molecule has 1 saturated heterocycles. The van der Waals surface area contributed by atoms with Gasteiger partial charge in [0.15, 0.2) is 0 Å². The molecule has 2 aromatic carbocycles. The molecule has 0 spiro atoms. The van der Waals surface area contributed by atoms with Crippen molar-refractivity contribution in [1.82, 2.24) is 8.61 Å². The Morgan fingerprint density at radius 1 is 0.968 bits per heavy atom. The number of fused-ring (bicyclic) bond motifs is 1. The van der Waals surface area contributed by atoms with E-state index in [0.717, 1.165) is 44.5 Å². The fourth-order valence-corrected chi connectivity index (χ4v) is 6.14. The Hall–Kier alpha value is -2.26. The summed E-state index contributed by atoms with van der Waals surface area (Å²) >= 11 is 0. The smallest absolute Gasteiger partial charge is 0.307 e. The summed E-state index contributed by atoms with van der Waals surface area (Å²) in [5.41, 5.74) is 7.50. The van der Waals surface area contributed by atoms with Crippen molar-refractivity contribution in [3.8, 4) is 11.1 Å². The Kier molecular flexibility index (Phi) is 5.91. The summed E-state index contributed by atoms with van der Waals surface area (Å²) < 4.78 is 34.8. The van der Waals surface area contributed by atoms with Crippen LogP contribution in [0.15, 0.2) is 24.3 Å². The fraction of sp³-hybridized carbons (Fsp3) is 0.435. The van der Waals surface area contributed by atoms with Gasteiger partial charge in [0.2, 0.25) is 0 Å². The number of aryl methyl sites for hydroxylation is 1. The number of carboxylic acid groups (broad SMARTS) is 1. The number of hydrogen-bond donors (Lipinski definition) is 1. The standard InChI is InChI=1S/C23H28N2O5S/c1-15-4-6-18(7-5-15)23-17(3)21-14-25(31(28,29)24-8-10-30-11-9-24)13-20(21)16(2)19(23)12-22(26)27/h4-7H,8-14H2,1-3H3,(H,26,27). The van der Waals surface area contributed by atoms with Crippen LogP contribution in [0.1, 0.15) is 33.4 Å². The molecule has 1 N–H and O–H groups in total. The molecule has 2 aromatic rings. The van der Waals surface area contributed by atoms with E-state index >= 15 is 0 Å². The van der Waals surface area contributed by atoms with Crippen molar-refractivity contribution < 1.29 is 23.1 Å². The second-order valence-corrected chi connectivity index (χ2v) is 10.2. The average molecular weight is 445 g/mol. The van der Waals surface area contributed by atoms with E-state index in [1.165, 1.54) is 8.61 Å². The van der Waals surface area contributed by atoms with Crippen LogP contribution in [-0.4, -0.2) is 54.4 Å². The van der Waals surface area contributed by atoms with Crippen LogP contribution in [0.5, 0.6) is 0 Å². The van der Waals surface area contributed by atoms with Gasteiger partial charge in [0, 0.05) is 26.2 Å². The molecule has 1 fully saturated rings. The highest BCUT2D eigenvalue weighted by Gasteiger charge is 2.37. The lowest BCUT2D eigenvalue weighted by Crippen LogP contribution is -2.46. The van der Waals surface area contributed by atoms with Crippen molar-refractivity contribution >= 4 is 16.2 Å². The number of benzene rings is 2. The summed E-state index contributed by atoms with van der Waals surface area (Å²) in [5, 5.41) is 9.57. The molecular weight excluding hydrogens is 416 g/mol. The van der Waals surface area contributed by atoms with Gasteiger partial charge in [-0.25, -0.2) is 0 Å². The molecule has 2 heterocycles. The maximum absolute atomic E-state index is 13.2. The van der Waals surface area contributed by atoms with Crippen LogP contribution < -0.4 is 0 Å². The summed E-state index contributed by atoms with van der Waals surface area (Å²) in [4.78, 5) is 11.7. The molecule has 0 aromatic heterocycles. The molecular formula is C23H28N2O5S. The van der Waals surface area contributed by atoms with Crippen molar-refractivity contribution in [1.29, 1.82) is 0 Å². The van der Waals surface area contributed by atoms with Crippen LogP contribution in [0.3, 0.4) is 0 Å². The highest BCUT2D eigenvalue weighted by atomic mass is 32.2. The molecule has 8 heteroatoms. The first-order valence-corrected chi connectivity index (χ1v) is 11.9. The van der Waals surface area contributed by atoms with Gasteiger partial charge in [0.25, 0.3) is 10.2 Å². The first-order valence-electron chi connectivity index (χ1n) is 10.5. The van der Waals surface area contributed by atoms with Gasteiger partial charge in [0.05, 0.1) is 19.6 Å². The van der Waals surface area contributed by atoms with Crippen molar-refractivity contribution in [2.45, 2.75) is 40.3 Å². The van der Waals surface area contributed by atoms with Gasteiger partial charge < -0.3 is 9.84 Å². The van der Waals surface area contributed by atoms with E-state index in [1.807, 2.05) is 45.0 Å². The van der Waals surface area contributed by atoms with Crippen LogP contribution in [0.2, 0.25) is 0 Å². The molecule has 2 aliphatic rings. The average Bonchev–Trinajstić information content (AvgIpc) is 3.20. The number of nitrogens with zero attached hydrogens (tertiary/aromatic N) is 2. The quantitative estimate of drug-likeness (QED) is 0.766. The zero-order valence-electron chi connectivity index (χ0n) is 18.1. The third-order valence-electron chi connectivity index (χ3n) is 6.36. The summed E-state index contributed by atoms with van der Waals surface area (Å²) in [6.07, 6.45) is -0.0978. The molecule has 0 radical (unpaired) electrons. The van der Waals surface area contributed by atoms with E-state index < -0.39 is 16.2 Å². The number of carbonyl (C=O) groups is 1. The summed E-state index contributed by atoms with van der Waals surface area (Å²) in [5.74, 6) is -0.897. The molecule has 31 heavy (non-hydrogen) atoms. The summed E-state index contributed by atoms with van der Waals surface area (Å²) in [6.45, 7) is 7.98. The molecule has 0 unspecified atom stereocenters. The molecule has 0 saturated carbocycles. The second kappa shape index (κ2) is 8.35. The van der Waals surface area contributed by atoms with Gasteiger partial charge >= 0.3 is 5.97 Å². The lowest BCUT2D eigenvalue weighted by molar-refractivity contribution is -0.136. The van der Waals surface area contributed by atoms with Crippen LogP contribution in [0.4, 0.5) is 0 Å². The minimum atomic E-state index is -3.61. The first-order chi connectivity index (χ1) is 14.7. The Morgan fingerprint density at radius 3 is 2.13 bits per heavy atom. The SMILES string of the molecule is Cc1ccc(-c2c(C)c3c(c(C)c2CC(=O)O)CN(S(=O)(=O)N2CCOCC2)C3)cc1. The molecule has 0 aliphatic carbocycles. The molecule has 0 atom stereocenters. The third-order valence-corrected chi connectivity index (χ3v) is 8.29. The maximum Gasteiger partial charge on any atom is 0.307 e. The van der Waals surface area contributed by atoms with E-state index in [9.17, 15) is 18.3 Å². The number of morpholine rings is 1. The Morgan fingerprint density at radius 2 is 1.55 bits per heavy atom. The largest absolute Gasteiger partial charge is 0.481 e.